The number of ketones is 1. The zero-order valence-electron chi connectivity index (χ0n) is 14.6. The number of ether oxygens (including phenoxy) is 1. The van der Waals surface area contributed by atoms with E-state index in [0.717, 1.165) is 5.69 Å². The Kier molecular flexibility index (Phi) is 5.03. The van der Waals surface area contributed by atoms with Crippen LogP contribution in [0.15, 0.2) is 72.1 Å². The Balaban J connectivity index is 1.53. The number of carbonyl (C=O) groups excluding carboxylic acids is 2. The highest BCUT2D eigenvalue weighted by atomic mass is 32.1. The molecule has 0 aliphatic carbocycles. The highest BCUT2D eigenvalue weighted by Crippen LogP contribution is 2.19. The number of esters is 1. The van der Waals surface area contributed by atoms with Gasteiger partial charge in [-0.3, -0.25) is 4.79 Å². The summed E-state index contributed by atoms with van der Waals surface area (Å²) < 4.78 is 6.89. The van der Waals surface area contributed by atoms with Crippen LogP contribution in [0.1, 0.15) is 31.4 Å². The van der Waals surface area contributed by atoms with Crippen LogP contribution in [0.25, 0.3) is 5.69 Å². The van der Waals surface area contributed by atoms with Gasteiger partial charge in [0.25, 0.3) is 0 Å². The predicted octanol–water partition coefficient (Wildman–Crippen LogP) is 3.31. The SMILES string of the molecule is O=C(OCc1nnnn1-c1ccccc1)c1ccccc1C(=O)c1cccs1. The van der Waals surface area contributed by atoms with Gasteiger partial charge in [0.15, 0.2) is 12.4 Å². The lowest BCUT2D eigenvalue weighted by Crippen LogP contribution is -2.14. The van der Waals surface area contributed by atoms with Crippen molar-refractivity contribution in [3.05, 3.63) is 93.9 Å². The number of tetrazole rings is 1. The predicted molar refractivity (Wildman–Crippen MR) is 102 cm³/mol. The Morgan fingerprint density at radius 2 is 1.68 bits per heavy atom. The van der Waals surface area contributed by atoms with Crippen molar-refractivity contribution in [2.24, 2.45) is 0 Å². The van der Waals surface area contributed by atoms with Crippen molar-refractivity contribution in [1.29, 1.82) is 0 Å². The van der Waals surface area contributed by atoms with Crippen LogP contribution >= 0.6 is 11.3 Å². The Labute approximate surface area is 164 Å². The molecule has 0 N–H and O–H groups in total. The van der Waals surface area contributed by atoms with Gasteiger partial charge in [-0.1, -0.05) is 42.5 Å². The first-order valence-electron chi connectivity index (χ1n) is 8.41. The average Bonchev–Trinajstić information content (AvgIpc) is 3.44. The van der Waals surface area contributed by atoms with Crippen LogP contribution in [0.3, 0.4) is 0 Å². The van der Waals surface area contributed by atoms with Crippen molar-refractivity contribution in [2.45, 2.75) is 6.61 Å². The highest BCUT2D eigenvalue weighted by Gasteiger charge is 2.20. The molecular formula is C20H14N4O3S. The summed E-state index contributed by atoms with van der Waals surface area (Å²) >= 11 is 1.33. The van der Waals surface area contributed by atoms with Gasteiger partial charge >= 0.3 is 5.97 Å². The van der Waals surface area contributed by atoms with Crippen molar-refractivity contribution in [3.8, 4) is 5.69 Å². The van der Waals surface area contributed by atoms with Crippen molar-refractivity contribution in [3.63, 3.8) is 0 Å². The quantitative estimate of drug-likeness (QED) is 0.371. The summed E-state index contributed by atoms with van der Waals surface area (Å²) in [5, 5.41) is 13.3. The molecule has 8 heteroatoms. The minimum absolute atomic E-state index is 0.123. The number of aromatic nitrogens is 4. The van der Waals surface area contributed by atoms with Crippen molar-refractivity contribution in [2.75, 3.05) is 0 Å². The number of para-hydroxylation sites is 1. The van der Waals surface area contributed by atoms with Crippen molar-refractivity contribution in [1.82, 2.24) is 20.2 Å². The van der Waals surface area contributed by atoms with Gasteiger partial charge in [-0.15, -0.1) is 16.4 Å². The molecule has 0 bridgehead atoms. The molecule has 28 heavy (non-hydrogen) atoms. The summed E-state index contributed by atoms with van der Waals surface area (Å²) in [6.45, 7) is -0.123. The molecule has 0 amide bonds. The van der Waals surface area contributed by atoms with Crippen LogP contribution in [0.4, 0.5) is 0 Å². The van der Waals surface area contributed by atoms with E-state index in [1.54, 1.807) is 36.4 Å². The van der Waals surface area contributed by atoms with Crippen LogP contribution in [-0.2, 0) is 11.3 Å². The summed E-state index contributed by atoms with van der Waals surface area (Å²) in [6.07, 6.45) is 0. The van der Waals surface area contributed by atoms with Gasteiger partial charge in [0.1, 0.15) is 0 Å². The molecule has 0 spiro atoms. The van der Waals surface area contributed by atoms with E-state index in [1.807, 2.05) is 35.7 Å². The number of carbonyl (C=O) groups is 2. The maximum atomic E-state index is 12.7. The maximum absolute atomic E-state index is 12.7. The molecule has 2 aromatic heterocycles. The third-order valence-corrected chi connectivity index (χ3v) is 4.87. The number of hydrogen-bond acceptors (Lipinski definition) is 7. The first-order valence-corrected chi connectivity index (χ1v) is 9.29. The molecule has 0 radical (unpaired) electrons. The average molecular weight is 390 g/mol. The fourth-order valence-electron chi connectivity index (χ4n) is 2.67. The summed E-state index contributed by atoms with van der Waals surface area (Å²) in [7, 11) is 0. The van der Waals surface area contributed by atoms with Crippen LogP contribution in [0.2, 0.25) is 0 Å². The van der Waals surface area contributed by atoms with Gasteiger partial charge in [0.2, 0.25) is 5.78 Å². The molecule has 4 aromatic rings. The molecule has 0 saturated carbocycles. The molecule has 138 valence electrons. The van der Waals surface area contributed by atoms with E-state index in [4.69, 9.17) is 4.74 Å². The Morgan fingerprint density at radius 1 is 0.929 bits per heavy atom. The normalized spacial score (nSPS) is 10.6. The Hall–Kier alpha value is -3.65. The van der Waals surface area contributed by atoms with E-state index in [-0.39, 0.29) is 18.0 Å². The molecule has 2 aromatic carbocycles. The van der Waals surface area contributed by atoms with E-state index in [2.05, 4.69) is 15.5 Å². The lowest BCUT2D eigenvalue weighted by Gasteiger charge is -2.09. The zero-order chi connectivity index (χ0) is 19.3. The fourth-order valence-corrected chi connectivity index (χ4v) is 3.35. The van der Waals surface area contributed by atoms with Gasteiger partial charge in [-0.05, 0) is 40.1 Å². The van der Waals surface area contributed by atoms with Crippen LogP contribution < -0.4 is 0 Å². The second kappa shape index (κ2) is 7.93. The van der Waals surface area contributed by atoms with E-state index in [0.29, 0.717) is 16.3 Å². The summed E-state index contributed by atoms with van der Waals surface area (Å²) in [5.41, 5.74) is 1.27. The van der Waals surface area contributed by atoms with Crippen LogP contribution in [0, 0.1) is 0 Å². The number of nitrogens with zero attached hydrogens (tertiary/aromatic N) is 4. The Morgan fingerprint density at radius 3 is 2.43 bits per heavy atom. The third kappa shape index (κ3) is 3.58. The number of rotatable bonds is 6. The second-order valence-corrected chi connectivity index (χ2v) is 6.72. The van der Waals surface area contributed by atoms with Crippen molar-refractivity contribution >= 4 is 23.1 Å². The second-order valence-electron chi connectivity index (χ2n) is 5.77. The van der Waals surface area contributed by atoms with Gasteiger partial charge < -0.3 is 4.74 Å². The molecule has 0 saturated heterocycles. The van der Waals surface area contributed by atoms with Crippen molar-refractivity contribution < 1.29 is 14.3 Å². The largest absolute Gasteiger partial charge is 0.454 e. The van der Waals surface area contributed by atoms with Crippen LogP contribution in [-0.4, -0.2) is 32.0 Å². The lowest BCUT2D eigenvalue weighted by atomic mass is 10.0. The van der Waals surface area contributed by atoms with E-state index >= 15 is 0 Å². The smallest absolute Gasteiger partial charge is 0.339 e. The molecule has 0 aliphatic heterocycles. The van der Waals surface area contributed by atoms with E-state index in [9.17, 15) is 9.59 Å². The standard InChI is InChI=1S/C20H14N4O3S/c25-19(17-11-6-12-28-17)15-9-4-5-10-16(15)20(26)27-13-18-21-22-23-24(18)14-7-2-1-3-8-14/h1-12H,13H2. The summed E-state index contributed by atoms with van der Waals surface area (Å²) in [4.78, 5) is 25.9. The first kappa shape index (κ1) is 17.7. The highest BCUT2D eigenvalue weighted by molar-refractivity contribution is 7.12. The third-order valence-electron chi connectivity index (χ3n) is 4.00. The number of thiophene rings is 1. The summed E-state index contributed by atoms with van der Waals surface area (Å²) in [5.74, 6) is -0.443. The lowest BCUT2D eigenvalue weighted by molar-refractivity contribution is 0.0457. The first-order chi connectivity index (χ1) is 13.7. The Bertz CT molecular complexity index is 1110. The fraction of sp³-hybridized carbons (Fsp3) is 0.0500. The molecule has 0 fully saturated rings. The molecule has 0 unspecified atom stereocenters. The maximum Gasteiger partial charge on any atom is 0.339 e. The van der Waals surface area contributed by atoms with Gasteiger partial charge in [0, 0.05) is 5.56 Å². The van der Waals surface area contributed by atoms with Gasteiger partial charge in [-0.25, -0.2) is 4.79 Å². The zero-order valence-corrected chi connectivity index (χ0v) is 15.4. The van der Waals surface area contributed by atoms with Crippen LogP contribution in [0.5, 0.6) is 0 Å². The number of benzene rings is 2. The summed E-state index contributed by atoms with van der Waals surface area (Å²) in [6, 6.07) is 19.4. The minimum Gasteiger partial charge on any atom is -0.454 e. The molecule has 2 heterocycles. The van der Waals surface area contributed by atoms with E-state index < -0.39 is 5.97 Å². The molecular weight excluding hydrogens is 376 g/mol. The molecule has 4 rings (SSSR count). The van der Waals surface area contributed by atoms with Gasteiger partial charge in [-0.2, -0.15) is 4.68 Å². The van der Waals surface area contributed by atoms with E-state index in [1.165, 1.54) is 16.0 Å². The molecule has 0 aliphatic rings. The monoisotopic (exact) mass is 390 g/mol. The van der Waals surface area contributed by atoms with Gasteiger partial charge in [0.05, 0.1) is 16.1 Å². The topological polar surface area (TPSA) is 87.0 Å². The molecule has 7 nitrogen and oxygen atoms in total. The minimum atomic E-state index is -0.608. The number of hydrogen-bond donors (Lipinski definition) is 0. The molecule has 0 atom stereocenters.